The van der Waals surface area contributed by atoms with Gasteiger partial charge in [0.2, 0.25) is 11.7 Å². The fraction of sp³-hybridized carbons (Fsp3) is 0.292. The van der Waals surface area contributed by atoms with E-state index in [1.165, 1.54) is 38.0 Å². The van der Waals surface area contributed by atoms with Gasteiger partial charge in [0.25, 0.3) is 5.91 Å². The van der Waals surface area contributed by atoms with Crippen molar-refractivity contribution in [2.24, 2.45) is 0 Å². The van der Waals surface area contributed by atoms with Crippen molar-refractivity contribution in [2.75, 3.05) is 33.2 Å². The van der Waals surface area contributed by atoms with Gasteiger partial charge in [0.15, 0.2) is 11.5 Å². The third-order valence-corrected chi connectivity index (χ3v) is 6.47. The van der Waals surface area contributed by atoms with E-state index in [0.29, 0.717) is 32.0 Å². The molecule has 0 saturated carbocycles. The number of hydrogen-bond donors (Lipinski definition) is 1. The molecule has 0 unspecified atom stereocenters. The summed E-state index contributed by atoms with van der Waals surface area (Å²) >= 11 is 6.59. The second-order valence-corrected chi connectivity index (χ2v) is 8.78. The predicted molar refractivity (Wildman–Crippen MR) is 135 cm³/mol. The Balaban J connectivity index is 1.70. The Labute approximate surface area is 203 Å². The SMILES string of the molecule is CCc1ccccc1NC(=O)CCN1C(=O)/C(=C/c2cc(OC)c(OC)c(OC)c2)SC1=S. The number of amides is 2. The van der Waals surface area contributed by atoms with E-state index in [1.807, 2.05) is 31.2 Å². The first-order valence-corrected chi connectivity index (χ1v) is 11.6. The van der Waals surface area contributed by atoms with E-state index in [2.05, 4.69) is 5.32 Å². The van der Waals surface area contributed by atoms with E-state index in [4.69, 9.17) is 26.4 Å². The number of aryl methyl sites for hydroxylation is 1. The van der Waals surface area contributed by atoms with Gasteiger partial charge in [-0.15, -0.1) is 0 Å². The lowest BCUT2D eigenvalue weighted by molar-refractivity contribution is -0.122. The van der Waals surface area contributed by atoms with Gasteiger partial charge in [-0.2, -0.15) is 0 Å². The van der Waals surface area contributed by atoms with Crippen molar-refractivity contribution < 1.29 is 23.8 Å². The maximum atomic E-state index is 13.0. The fourth-order valence-corrected chi connectivity index (χ4v) is 4.71. The molecule has 0 aliphatic carbocycles. The third-order valence-electron chi connectivity index (χ3n) is 5.09. The quantitative estimate of drug-likeness (QED) is 0.413. The first-order valence-electron chi connectivity index (χ1n) is 10.3. The Morgan fingerprint density at radius 2 is 1.79 bits per heavy atom. The van der Waals surface area contributed by atoms with E-state index in [0.717, 1.165) is 17.7 Å². The number of para-hydroxylation sites is 1. The van der Waals surface area contributed by atoms with Crippen molar-refractivity contribution in [3.8, 4) is 17.2 Å². The summed E-state index contributed by atoms with van der Waals surface area (Å²) < 4.78 is 16.5. The molecule has 7 nitrogen and oxygen atoms in total. The molecule has 3 rings (SSSR count). The number of benzene rings is 2. The van der Waals surface area contributed by atoms with E-state index in [9.17, 15) is 9.59 Å². The second kappa shape index (κ2) is 11.2. The summed E-state index contributed by atoms with van der Waals surface area (Å²) in [5.74, 6) is 1.05. The number of thioether (sulfide) groups is 1. The van der Waals surface area contributed by atoms with Gasteiger partial charge in [-0.25, -0.2) is 0 Å². The van der Waals surface area contributed by atoms with Crippen LogP contribution in [0.1, 0.15) is 24.5 Å². The number of methoxy groups -OCH3 is 3. The van der Waals surface area contributed by atoms with Crippen molar-refractivity contribution in [1.82, 2.24) is 4.90 Å². The van der Waals surface area contributed by atoms with Crippen molar-refractivity contribution in [2.45, 2.75) is 19.8 Å². The molecule has 1 fully saturated rings. The molecule has 2 amide bonds. The van der Waals surface area contributed by atoms with E-state index < -0.39 is 0 Å². The van der Waals surface area contributed by atoms with E-state index in [1.54, 1.807) is 18.2 Å². The van der Waals surface area contributed by atoms with Crippen LogP contribution >= 0.6 is 24.0 Å². The normalized spacial score (nSPS) is 14.5. The number of anilines is 1. The molecule has 0 aromatic heterocycles. The zero-order valence-corrected chi connectivity index (χ0v) is 20.6. The topological polar surface area (TPSA) is 77.1 Å². The highest BCUT2D eigenvalue weighted by Gasteiger charge is 2.32. The highest BCUT2D eigenvalue weighted by Crippen LogP contribution is 2.40. The monoisotopic (exact) mass is 486 g/mol. The molecule has 1 aliphatic heterocycles. The van der Waals surface area contributed by atoms with Crippen LogP contribution in [0.2, 0.25) is 0 Å². The molecule has 1 aliphatic rings. The molecule has 174 valence electrons. The Morgan fingerprint density at radius 3 is 2.39 bits per heavy atom. The highest BCUT2D eigenvalue weighted by atomic mass is 32.2. The molecular formula is C24H26N2O5S2. The average molecular weight is 487 g/mol. The number of ether oxygens (including phenoxy) is 3. The lowest BCUT2D eigenvalue weighted by Crippen LogP contribution is -2.31. The number of hydrogen-bond acceptors (Lipinski definition) is 7. The Morgan fingerprint density at radius 1 is 1.12 bits per heavy atom. The van der Waals surface area contributed by atoms with Gasteiger partial charge in [-0.05, 0) is 41.8 Å². The van der Waals surface area contributed by atoms with Crippen LogP contribution in [0.15, 0.2) is 41.3 Å². The van der Waals surface area contributed by atoms with Gasteiger partial charge in [0.05, 0.1) is 26.2 Å². The smallest absolute Gasteiger partial charge is 0.266 e. The first kappa shape index (κ1) is 24.6. The molecule has 0 bridgehead atoms. The number of carbonyl (C=O) groups excluding carboxylic acids is 2. The van der Waals surface area contributed by atoms with Gasteiger partial charge in [0, 0.05) is 18.7 Å². The average Bonchev–Trinajstić information content (AvgIpc) is 3.09. The van der Waals surface area contributed by atoms with Crippen LogP contribution < -0.4 is 19.5 Å². The minimum Gasteiger partial charge on any atom is -0.493 e. The molecule has 1 N–H and O–H groups in total. The number of nitrogens with one attached hydrogen (secondary N) is 1. The van der Waals surface area contributed by atoms with Gasteiger partial charge in [-0.1, -0.05) is 49.1 Å². The lowest BCUT2D eigenvalue weighted by atomic mass is 10.1. The Bertz CT molecular complexity index is 1080. The van der Waals surface area contributed by atoms with Gasteiger partial charge in [0.1, 0.15) is 4.32 Å². The van der Waals surface area contributed by atoms with Gasteiger partial charge >= 0.3 is 0 Å². The van der Waals surface area contributed by atoms with Crippen molar-refractivity contribution >= 4 is 51.9 Å². The van der Waals surface area contributed by atoms with Crippen molar-refractivity contribution in [3.63, 3.8) is 0 Å². The van der Waals surface area contributed by atoms with Crippen LogP contribution in [0, 0.1) is 0 Å². The fourth-order valence-electron chi connectivity index (χ4n) is 3.41. The molecule has 2 aromatic rings. The number of nitrogens with zero attached hydrogens (tertiary/aromatic N) is 1. The molecule has 1 heterocycles. The summed E-state index contributed by atoms with van der Waals surface area (Å²) in [5, 5.41) is 2.92. The summed E-state index contributed by atoms with van der Waals surface area (Å²) in [7, 11) is 4.59. The first-order chi connectivity index (χ1) is 15.9. The standard InChI is InChI=1S/C24H26N2O5S2/c1-5-16-8-6-7-9-17(16)25-21(27)10-11-26-23(28)20(33-24(26)32)14-15-12-18(29-2)22(31-4)19(13-15)30-3/h6-9,12-14H,5,10-11H2,1-4H3,(H,25,27)/b20-14-. The number of thiocarbonyl (C=S) groups is 1. The molecule has 0 atom stereocenters. The number of carbonyl (C=O) groups is 2. The molecular weight excluding hydrogens is 460 g/mol. The van der Waals surface area contributed by atoms with Crippen LogP contribution in [0.25, 0.3) is 6.08 Å². The maximum Gasteiger partial charge on any atom is 0.266 e. The lowest BCUT2D eigenvalue weighted by Gasteiger charge is -2.15. The second-order valence-electron chi connectivity index (χ2n) is 7.10. The Hall–Kier alpha value is -3.04. The summed E-state index contributed by atoms with van der Waals surface area (Å²) in [4.78, 5) is 27.3. The van der Waals surface area contributed by atoms with Gasteiger partial charge in [-0.3, -0.25) is 14.5 Å². The largest absolute Gasteiger partial charge is 0.493 e. The molecule has 9 heteroatoms. The zero-order chi connectivity index (χ0) is 24.0. The van der Waals surface area contributed by atoms with Crippen LogP contribution in [0.5, 0.6) is 17.2 Å². The molecule has 33 heavy (non-hydrogen) atoms. The Kier molecular flexibility index (Phi) is 8.35. The van der Waals surface area contributed by atoms with Crippen LogP contribution in [-0.4, -0.2) is 48.9 Å². The molecule has 1 saturated heterocycles. The summed E-state index contributed by atoms with van der Waals surface area (Å²) in [5.41, 5.74) is 2.56. The summed E-state index contributed by atoms with van der Waals surface area (Å²) in [6, 6.07) is 11.2. The van der Waals surface area contributed by atoms with Crippen LogP contribution in [-0.2, 0) is 16.0 Å². The van der Waals surface area contributed by atoms with E-state index in [-0.39, 0.29) is 24.8 Å². The maximum absolute atomic E-state index is 13.0. The molecule has 0 radical (unpaired) electrons. The molecule has 2 aromatic carbocycles. The molecule has 0 spiro atoms. The minimum atomic E-state index is -0.236. The van der Waals surface area contributed by atoms with Crippen molar-refractivity contribution in [3.05, 3.63) is 52.4 Å². The third kappa shape index (κ3) is 5.66. The van der Waals surface area contributed by atoms with Crippen LogP contribution in [0.3, 0.4) is 0 Å². The summed E-state index contributed by atoms with van der Waals surface area (Å²) in [6.07, 6.45) is 2.68. The minimum absolute atomic E-state index is 0.141. The highest BCUT2D eigenvalue weighted by molar-refractivity contribution is 8.26. The number of rotatable bonds is 9. The van der Waals surface area contributed by atoms with E-state index >= 15 is 0 Å². The zero-order valence-electron chi connectivity index (χ0n) is 19.0. The summed E-state index contributed by atoms with van der Waals surface area (Å²) in [6.45, 7) is 2.24. The predicted octanol–water partition coefficient (Wildman–Crippen LogP) is 4.50. The van der Waals surface area contributed by atoms with Gasteiger partial charge < -0.3 is 19.5 Å². The van der Waals surface area contributed by atoms with Crippen LogP contribution in [0.4, 0.5) is 5.69 Å². The van der Waals surface area contributed by atoms with Crippen molar-refractivity contribution in [1.29, 1.82) is 0 Å².